The van der Waals surface area contributed by atoms with E-state index in [2.05, 4.69) is 4.98 Å². The van der Waals surface area contributed by atoms with Crippen LogP contribution in [0, 0.1) is 0 Å². The summed E-state index contributed by atoms with van der Waals surface area (Å²) in [4.78, 5) is 27.1. The number of ether oxygens (including phenoxy) is 1. The molecular formula is C15H16N2O3. The minimum absolute atomic E-state index is 0.0281. The highest BCUT2D eigenvalue weighted by Gasteiger charge is 2.08. The third kappa shape index (κ3) is 3.32. The largest absolute Gasteiger partial charge is 0.462 e. The molecule has 0 saturated heterocycles. The first-order chi connectivity index (χ1) is 9.58. The van der Waals surface area contributed by atoms with Crippen LogP contribution in [0.4, 0.5) is 0 Å². The summed E-state index contributed by atoms with van der Waals surface area (Å²) in [7, 11) is 1.89. The highest BCUT2D eigenvalue weighted by Crippen LogP contribution is 2.07. The van der Waals surface area contributed by atoms with E-state index >= 15 is 0 Å². The Bertz CT molecular complexity index is 614. The van der Waals surface area contributed by atoms with Gasteiger partial charge >= 0.3 is 5.97 Å². The molecule has 0 atom stereocenters. The molecule has 104 valence electrons. The molecule has 20 heavy (non-hydrogen) atoms. The molecule has 1 aromatic heterocycles. The number of carbonyl (C=O) groups excluding carboxylic acids is 2. The van der Waals surface area contributed by atoms with Crippen molar-refractivity contribution < 1.29 is 14.3 Å². The van der Waals surface area contributed by atoms with Gasteiger partial charge in [0.25, 0.3) is 0 Å². The lowest BCUT2D eigenvalue weighted by molar-refractivity contribution is 0.0506. The van der Waals surface area contributed by atoms with Crippen LogP contribution in [0.15, 0.2) is 36.7 Å². The number of carbonyl (C=O) groups is 2. The number of benzene rings is 1. The molecule has 0 saturated carbocycles. The zero-order valence-corrected chi connectivity index (χ0v) is 11.5. The Morgan fingerprint density at radius 1 is 1.20 bits per heavy atom. The number of ketones is 1. The Labute approximate surface area is 117 Å². The number of nitrogens with zero attached hydrogens (tertiary/aromatic N) is 2. The highest BCUT2D eigenvalue weighted by molar-refractivity contribution is 5.96. The third-order valence-electron chi connectivity index (χ3n) is 3.01. The van der Waals surface area contributed by atoms with Crippen molar-refractivity contribution in [3.8, 4) is 0 Å². The van der Waals surface area contributed by atoms with E-state index < -0.39 is 5.97 Å². The van der Waals surface area contributed by atoms with Crippen LogP contribution in [-0.2, 0) is 18.2 Å². The number of hydrogen-bond donors (Lipinski definition) is 0. The zero-order chi connectivity index (χ0) is 14.5. The summed E-state index contributed by atoms with van der Waals surface area (Å²) in [5.74, 6) is 0.443. The zero-order valence-electron chi connectivity index (χ0n) is 11.5. The van der Waals surface area contributed by atoms with Gasteiger partial charge < -0.3 is 9.30 Å². The van der Waals surface area contributed by atoms with E-state index in [4.69, 9.17) is 4.74 Å². The van der Waals surface area contributed by atoms with Crippen LogP contribution in [0.3, 0.4) is 0 Å². The predicted octanol–water partition coefficient (Wildman–Crippen LogP) is 2.02. The first-order valence-electron chi connectivity index (χ1n) is 6.32. The van der Waals surface area contributed by atoms with Gasteiger partial charge in [-0.1, -0.05) is 12.1 Å². The van der Waals surface area contributed by atoms with Gasteiger partial charge in [0.15, 0.2) is 5.78 Å². The van der Waals surface area contributed by atoms with E-state index in [0.717, 1.165) is 5.82 Å². The fourth-order valence-electron chi connectivity index (χ4n) is 1.80. The predicted molar refractivity (Wildman–Crippen MR) is 73.6 cm³/mol. The van der Waals surface area contributed by atoms with Crippen molar-refractivity contribution in [2.75, 3.05) is 6.61 Å². The number of Topliss-reactive ketones (excluding diaryl/α,β-unsaturated/α-hetero) is 1. The quantitative estimate of drug-likeness (QED) is 0.617. The van der Waals surface area contributed by atoms with Crippen molar-refractivity contribution in [3.05, 3.63) is 53.6 Å². The van der Waals surface area contributed by atoms with Crippen molar-refractivity contribution in [2.45, 2.75) is 13.3 Å². The molecule has 0 aliphatic heterocycles. The highest BCUT2D eigenvalue weighted by atomic mass is 16.5. The van der Waals surface area contributed by atoms with Crippen LogP contribution in [0.5, 0.6) is 0 Å². The first kappa shape index (κ1) is 14.0. The molecule has 1 heterocycles. The summed E-state index contributed by atoms with van der Waals surface area (Å²) in [6.07, 6.45) is 4.12. The smallest absolute Gasteiger partial charge is 0.338 e. The van der Waals surface area contributed by atoms with Crippen molar-refractivity contribution in [2.24, 2.45) is 7.05 Å². The second-order valence-electron chi connectivity index (χ2n) is 4.47. The van der Waals surface area contributed by atoms with Crippen LogP contribution >= 0.6 is 0 Å². The lowest BCUT2D eigenvalue weighted by Crippen LogP contribution is -2.10. The molecule has 2 rings (SSSR count). The third-order valence-corrected chi connectivity index (χ3v) is 3.01. The molecule has 5 heteroatoms. The van der Waals surface area contributed by atoms with Crippen molar-refractivity contribution in [1.82, 2.24) is 9.55 Å². The van der Waals surface area contributed by atoms with E-state index in [1.165, 1.54) is 6.92 Å². The minimum Gasteiger partial charge on any atom is -0.462 e. The average molecular weight is 272 g/mol. The lowest BCUT2D eigenvalue weighted by atomic mass is 10.1. The van der Waals surface area contributed by atoms with Crippen LogP contribution in [0.25, 0.3) is 0 Å². The Morgan fingerprint density at radius 2 is 1.85 bits per heavy atom. The summed E-state index contributed by atoms with van der Waals surface area (Å²) < 4.78 is 7.06. The van der Waals surface area contributed by atoms with E-state index in [1.54, 1.807) is 30.5 Å². The standard InChI is InChI=1S/C15H16N2O3/c1-11(18)12-3-5-13(6-4-12)15(19)20-10-7-14-16-8-9-17(14)2/h3-6,8-9H,7,10H2,1-2H3. The Morgan fingerprint density at radius 3 is 2.40 bits per heavy atom. The summed E-state index contributed by atoms with van der Waals surface area (Å²) >= 11 is 0. The monoisotopic (exact) mass is 272 g/mol. The SMILES string of the molecule is CC(=O)c1ccc(C(=O)OCCc2nccn2C)cc1. The molecule has 0 aliphatic rings. The molecule has 1 aromatic carbocycles. The molecule has 0 fully saturated rings. The summed E-state index contributed by atoms with van der Waals surface area (Å²) in [6, 6.07) is 6.44. The van der Waals surface area contributed by atoms with Gasteiger partial charge in [0.05, 0.1) is 12.2 Å². The number of rotatable bonds is 5. The van der Waals surface area contributed by atoms with Gasteiger partial charge in [-0.2, -0.15) is 0 Å². The minimum atomic E-state index is -0.394. The summed E-state index contributed by atoms with van der Waals surface area (Å²) in [5.41, 5.74) is 1.02. The number of aryl methyl sites for hydroxylation is 1. The Kier molecular flexibility index (Phi) is 4.30. The van der Waals surface area contributed by atoms with Gasteiger partial charge in [-0.15, -0.1) is 0 Å². The van der Waals surface area contributed by atoms with Gasteiger partial charge in [0.1, 0.15) is 5.82 Å². The molecule has 2 aromatic rings. The summed E-state index contributed by atoms with van der Waals surface area (Å²) in [6.45, 7) is 1.76. The number of hydrogen-bond acceptors (Lipinski definition) is 4. The van der Waals surface area contributed by atoms with E-state index in [0.29, 0.717) is 17.5 Å². The Balaban J connectivity index is 1.88. The molecule has 5 nitrogen and oxygen atoms in total. The van der Waals surface area contributed by atoms with Gasteiger partial charge in [-0.25, -0.2) is 9.78 Å². The normalized spacial score (nSPS) is 10.3. The maximum atomic E-state index is 11.8. The van der Waals surface area contributed by atoms with E-state index in [-0.39, 0.29) is 12.4 Å². The average Bonchev–Trinajstić information content (AvgIpc) is 2.84. The van der Waals surface area contributed by atoms with Crippen molar-refractivity contribution in [3.63, 3.8) is 0 Å². The number of imidazole rings is 1. The van der Waals surface area contributed by atoms with Crippen LogP contribution in [0.2, 0.25) is 0 Å². The summed E-state index contributed by atoms with van der Waals surface area (Å²) in [5, 5.41) is 0. The van der Waals surface area contributed by atoms with Gasteiger partial charge in [-0.05, 0) is 19.1 Å². The van der Waals surface area contributed by atoms with Crippen LogP contribution < -0.4 is 0 Å². The van der Waals surface area contributed by atoms with Gasteiger partial charge in [0, 0.05) is 31.4 Å². The van der Waals surface area contributed by atoms with Gasteiger partial charge in [0.2, 0.25) is 0 Å². The van der Waals surface area contributed by atoms with E-state index in [9.17, 15) is 9.59 Å². The Hall–Kier alpha value is -2.43. The molecule has 0 aliphatic carbocycles. The van der Waals surface area contributed by atoms with Crippen LogP contribution in [-0.4, -0.2) is 27.9 Å². The molecule has 0 N–H and O–H groups in total. The topological polar surface area (TPSA) is 61.2 Å². The maximum Gasteiger partial charge on any atom is 0.338 e. The fourth-order valence-corrected chi connectivity index (χ4v) is 1.80. The van der Waals surface area contributed by atoms with Gasteiger partial charge in [-0.3, -0.25) is 4.79 Å². The maximum absolute atomic E-state index is 11.8. The number of aromatic nitrogens is 2. The van der Waals surface area contributed by atoms with E-state index in [1.807, 2.05) is 17.8 Å². The molecular weight excluding hydrogens is 256 g/mol. The molecule has 0 spiro atoms. The fraction of sp³-hybridized carbons (Fsp3) is 0.267. The lowest BCUT2D eigenvalue weighted by Gasteiger charge is -2.05. The van der Waals surface area contributed by atoms with Crippen LogP contribution in [0.1, 0.15) is 33.5 Å². The molecule has 0 radical (unpaired) electrons. The molecule has 0 unspecified atom stereocenters. The first-order valence-corrected chi connectivity index (χ1v) is 6.32. The second-order valence-corrected chi connectivity index (χ2v) is 4.47. The number of esters is 1. The second kappa shape index (κ2) is 6.14. The molecule has 0 amide bonds. The molecule has 0 bridgehead atoms. The van der Waals surface area contributed by atoms with Crippen molar-refractivity contribution >= 4 is 11.8 Å². The van der Waals surface area contributed by atoms with Crippen molar-refractivity contribution in [1.29, 1.82) is 0 Å².